The van der Waals surface area contributed by atoms with E-state index in [-0.39, 0.29) is 0 Å². The first kappa shape index (κ1) is 13.3. The second kappa shape index (κ2) is 6.69. The molecule has 2 heterocycles. The summed E-state index contributed by atoms with van der Waals surface area (Å²) in [5.74, 6) is 0.867. The summed E-state index contributed by atoms with van der Waals surface area (Å²) in [7, 11) is 2.18. The standard InChI is InChI=1S/C13H27N3O/c1-15-8-9-17-13(10-15)11-16-6-3-12(2-5-14)4-7-16/h12-13H,2-11,14H2,1H3. The van der Waals surface area contributed by atoms with Crippen LogP contribution in [0.3, 0.4) is 0 Å². The first-order chi connectivity index (χ1) is 8.28. The quantitative estimate of drug-likeness (QED) is 0.772. The SMILES string of the molecule is CN1CCOC(CN2CCC(CCN)CC2)C1. The van der Waals surface area contributed by atoms with Gasteiger partial charge in [0.05, 0.1) is 12.7 Å². The van der Waals surface area contributed by atoms with Crippen LogP contribution in [-0.4, -0.2) is 68.8 Å². The smallest absolute Gasteiger partial charge is 0.0829 e. The van der Waals surface area contributed by atoms with Crippen molar-refractivity contribution in [1.82, 2.24) is 9.80 Å². The molecule has 100 valence electrons. The molecule has 0 bridgehead atoms. The Morgan fingerprint density at radius 2 is 2.00 bits per heavy atom. The van der Waals surface area contributed by atoms with Crippen molar-refractivity contribution in [1.29, 1.82) is 0 Å². The Morgan fingerprint density at radius 3 is 2.65 bits per heavy atom. The lowest BCUT2D eigenvalue weighted by atomic mass is 9.93. The number of hydrogen-bond donors (Lipinski definition) is 1. The Kier molecular flexibility index (Phi) is 5.22. The number of likely N-dealkylation sites (N-methyl/N-ethyl adjacent to an activating group) is 1. The molecule has 0 amide bonds. The first-order valence-electron chi connectivity index (χ1n) is 7.00. The fourth-order valence-electron chi connectivity index (χ4n) is 2.96. The summed E-state index contributed by atoms with van der Waals surface area (Å²) in [5.41, 5.74) is 5.62. The third-order valence-corrected chi connectivity index (χ3v) is 4.09. The van der Waals surface area contributed by atoms with Crippen LogP contribution in [-0.2, 0) is 4.74 Å². The average molecular weight is 241 g/mol. The summed E-state index contributed by atoms with van der Waals surface area (Å²) in [6, 6.07) is 0. The molecule has 2 rings (SSSR count). The van der Waals surface area contributed by atoms with E-state index in [1.807, 2.05) is 0 Å². The molecule has 2 fully saturated rings. The number of nitrogens with two attached hydrogens (primary N) is 1. The number of hydrogen-bond acceptors (Lipinski definition) is 4. The zero-order valence-corrected chi connectivity index (χ0v) is 11.1. The molecule has 0 aromatic heterocycles. The lowest BCUT2D eigenvalue weighted by Gasteiger charge is -2.37. The van der Waals surface area contributed by atoms with Gasteiger partial charge in [-0.05, 0) is 51.9 Å². The maximum Gasteiger partial charge on any atom is 0.0829 e. The summed E-state index contributed by atoms with van der Waals surface area (Å²) in [6.45, 7) is 7.48. The van der Waals surface area contributed by atoms with Crippen molar-refractivity contribution in [3.05, 3.63) is 0 Å². The van der Waals surface area contributed by atoms with Gasteiger partial charge in [0, 0.05) is 19.6 Å². The van der Waals surface area contributed by atoms with Crippen LogP contribution in [0, 0.1) is 5.92 Å². The largest absolute Gasteiger partial charge is 0.374 e. The van der Waals surface area contributed by atoms with E-state index in [9.17, 15) is 0 Å². The molecule has 0 saturated carbocycles. The number of piperidine rings is 1. The Hall–Kier alpha value is -0.160. The highest BCUT2D eigenvalue weighted by atomic mass is 16.5. The molecular weight excluding hydrogens is 214 g/mol. The highest BCUT2D eigenvalue weighted by Crippen LogP contribution is 2.20. The van der Waals surface area contributed by atoms with Gasteiger partial charge in [-0.2, -0.15) is 0 Å². The van der Waals surface area contributed by atoms with Crippen LogP contribution in [0.1, 0.15) is 19.3 Å². The van der Waals surface area contributed by atoms with Gasteiger partial charge in [-0.1, -0.05) is 0 Å². The molecule has 2 saturated heterocycles. The summed E-state index contributed by atoms with van der Waals surface area (Å²) in [5, 5.41) is 0. The van der Waals surface area contributed by atoms with Gasteiger partial charge in [0.25, 0.3) is 0 Å². The van der Waals surface area contributed by atoms with E-state index in [4.69, 9.17) is 10.5 Å². The van der Waals surface area contributed by atoms with Gasteiger partial charge >= 0.3 is 0 Å². The lowest BCUT2D eigenvalue weighted by molar-refractivity contribution is -0.0394. The van der Waals surface area contributed by atoms with Gasteiger partial charge in [-0.15, -0.1) is 0 Å². The molecule has 1 atom stereocenters. The van der Waals surface area contributed by atoms with Crippen molar-refractivity contribution in [2.24, 2.45) is 11.7 Å². The van der Waals surface area contributed by atoms with Crippen LogP contribution >= 0.6 is 0 Å². The van der Waals surface area contributed by atoms with Gasteiger partial charge in [-0.25, -0.2) is 0 Å². The molecule has 4 nitrogen and oxygen atoms in total. The third kappa shape index (κ3) is 4.21. The zero-order valence-electron chi connectivity index (χ0n) is 11.1. The van der Waals surface area contributed by atoms with Crippen molar-refractivity contribution < 1.29 is 4.74 Å². The first-order valence-corrected chi connectivity index (χ1v) is 7.00. The Bertz CT molecular complexity index is 217. The molecule has 2 aliphatic rings. The van der Waals surface area contributed by atoms with Crippen LogP contribution in [0.25, 0.3) is 0 Å². The van der Waals surface area contributed by atoms with E-state index in [1.54, 1.807) is 0 Å². The number of ether oxygens (including phenoxy) is 1. The van der Waals surface area contributed by atoms with E-state index in [0.717, 1.165) is 38.7 Å². The van der Waals surface area contributed by atoms with Crippen LogP contribution in [0.15, 0.2) is 0 Å². The fraction of sp³-hybridized carbons (Fsp3) is 1.00. The molecule has 4 heteroatoms. The molecular formula is C13H27N3O. The zero-order chi connectivity index (χ0) is 12.1. The van der Waals surface area contributed by atoms with Crippen molar-refractivity contribution in [2.75, 3.05) is 52.9 Å². The number of nitrogens with zero attached hydrogens (tertiary/aromatic N) is 2. The van der Waals surface area contributed by atoms with E-state index in [2.05, 4.69) is 16.8 Å². The van der Waals surface area contributed by atoms with E-state index >= 15 is 0 Å². The summed E-state index contributed by atoms with van der Waals surface area (Å²) in [6.07, 6.45) is 4.26. The minimum Gasteiger partial charge on any atom is -0.374 e. The maximum absolute atomic E-state index is 5.82. The second-order valence-electron chi connectivity index (χ2n) is 5.58. The van der Waals surface area contributed by atoms with Crippen molar-refractivity contribution in [3.63, 3.8) is 0 Å². The average Bonchev–Trinajstić information content (AvgIpc) is 2.32. The highest BCUT2D eigenvalue weighted by Gasteiger charge is 2.24. The normalized spacial score (nSPS) is 29.6. The Balaban J connectivity index is 1.67. The van der Waals surface area contributed by atoms with Crippen molar-refractivity contribution >= 4 is 0 Å². The van der Waals surface area contributed by atoms with Crippen molar-refractivity contribution in [3.8, 4) is 0 Å². The van der Waals surface area contributed by atoms with Crippen LogP contribution in [0.4, 0.5) is 0 Å². The minimum absolute atomic E-state index is 0.416. The Morgan fingerprint density at radius 1 is 1.24 bits per heavy atom. The summed E-state index contributed by atoms with van der Waals surface area (Å²) in [4.78, 5) is 4.94. The monoisotopic (exact) mass is 241 g/mol. The van der Waals surface area contributed by atoms with E-state index < -0.39 is 0 Å². The maximum atomic E-state index is 5.82. The van der Waals surface area contributed by atoms with Crippen molar-refractivity contribution in [2.45, 2.75) is 25.4 Å². The topological polar surface area (TPSA) is 41.7 Å². The molecule has 17 heavy (non-hydrogen) atoms. The van der Waals surface area contributed by atoms with Gasteiger partial charge in [-0.3, -0.25) is 0 Å². The molecule has 2 aliphatic heterocycles. The molecule has 0 aromatic carbocycles. The Labute approximate surface area is 105 Å². The van der Waals surface area contributed by atoms with Gasteiger partial charge < -0.3 is 20.3 Å². The molecule has 0 spiro atoms. The van der Waals surface area contributed by atoms with Crippen LogP contribution in [0.5, 0.6) is 0 Å². The number of morpholine rings is 1. The second-order valence-corrected chi connectivity index (χ2v) is 5.58. The summed E-state index contributed by atoms with van der Waals surface area (Å²) >= 11 is 0. The van der Waals surface area contributed by atoms with Crippen LogP contribution < -0.4 is 5.73 Å². The number of likely N-dealkylation sites (tertiary alicyclic amines) is 1. The van der Waals surface area contributed by atoms with Gasteiger partial charge in [0.1, 0.15) is 0 Å². The molecule has 0 radical (unpaired) electrons. The van der Waals surface area contributed by atoms with Gasteiger partial charge in [0.15, 0.2) is 0 Å². The fourth-order valence-corrected chi connectivity index (χ4v) is 2.96. The minimum atomic E-state index is 0.416. The predicted octanol–water partition coefficient (Wildman–Crippen LogP) is 0.378. The van der Waals surface area contributed by atoms with E-state index in [1.165, 1.54) is 32.4 Å². The lowest BCUT2D eigenvalue weighted by Crippen LogP contribution is -2.47. The molecule has 0 aromatic rings. The molecule has 0 aliphatic carbocycles. The third-order valence-electron chi connectivity index (χ3n) is 4.09. The van der Waals surface area contributed by atoms with Gasteiger partial charge in [0.2, 0.25) is 0 Å². The molecule has 1 unspecified atom stereocenters. The molecule has 2 N–H and O–H groups in total. The highest BCUT2D eigenvalue weighted by molar-refractivity contribution is 4.77. The number of rotatable bonds is 4. The van der Waals surface area contributed by atoms with Crippen LogP contribution in [0.2, 0.25) is 0 Å². The summed E-state index contributed by atoms with van der Waals surface area (Å²) < 4.78 is 5.82. The predicted molar refractivity (Wildman–Crippen MR) is 70.1 cm³/mol. The van der Waals surface area contributed by atoms with E-state index in [0.29, 0.717) is 6.10 Å².